The van der Waals surface area contributed by atoms with Crippen molar-refractivity contribution >= 4 is 17.7 Å². The number of benzene rings is 3. The summed E-state index contributed by atoms with van der Waals surface area (Å²) in [6.45, 7) is 3.30. The molecule has 2 saturated heterocycles. The highest BCUT2D eigenvalue weighted by Crippen LogP contribution is 2.39. The van der Waals surface area contributed by atoms with Crippen molar-refractivity contribution in [2.75, 3.05) is 26.5 Å². The third kappa shape index (κ3) is 4.88. The summed E-state index contributed by atoms with van der Waals surface area (Å²) in [5.74, 6) is 0.528. The van der Waals surface area contributed by atoms with Gasteiger partial charge in [-0.25, -0.2) is 0 Å². The number of hydrogen-bond donors (Lipinski definition) is 1. The number of hydrogen-bond acceptors (Lipinski definition) is 6. The number of rotatable bonds is 5. The molecule has 0 radical (unpaired) electrons. The van der Waals surface area contributed by atoms with E-state index < -0.39 is 11.8 Å². The van der Waals surface area contributed by atoms with E-state index in [-0.39, 0.29) is 31.1 Å². The van der Waals surface area contributed by atoms with E-state index in [1.807, 2.05) is 49.4 Å². The summed E-state index contributed by atoms with van der Waals surface area (Å²) < 4.78 is 17.1. The Morgan fingerprint density at radius 1 is 0.875 bits per heavy atom. The molecule has 0 bridgehead atoms. The Bertz CT molecular complexity index is 1420. The third-order valence-corrected chi connectivity index (χ3v) is 7.84. The van der Waals surface area contributed by atoms with Gasteiger partial charge in [0.15, 0.2) is 11.5 Å². The lowest BCUT2D eigenvalue weighted by Gasteiger charge is -2.44. The van der Waals surface area contributed by atoms with E-state index in [0.717, 1.165) is 11.1 Å². The predicted octanol–water partition coefficient (Wildman–Crippen LogP) is 3.51. The van der Waals surface area contributed by atoms with Crippen molar-refractivity contribution in [2.45, 2.75) is 38.1 Å². The first-order valence-corrected chi connectivity index (χ1v) is 13.5. The monoisotopic (exact) mass is 541 g/mol. The van der Waals surface area contributed by atoms with Crippen LogP contribution >= 0.6 is 0 Å². The molecule has 6 rings (SSSR count). The molecule has 9 nitrogen and oxygen atoms in total. The van der Waals surface area contributed by atoms with E-state index in [1.165, 1.54) is 0 Å². The van der Waals surface area contributed by atoms with Crippen LogP contribution in [0.4, 0.5) is 0 Å². The quantitative estimate of drug-likeness (QED) is 0.531. The number of fused-ring (bicyclic) bond motifs is 1. The second-order valence-corrected chi connectivity index (χ2v) is 10.4. The minimum absolute atomic E-state index is 0.0916. The Kier molecular flexibility index (Phi) is 6.89. The van der Waals surface area contributed by atoms with Crippen molar-refractivity contribution in [3.63, 3.8) is 0 Å². The SMILES string of the molecule is Cc1ccc(C(=O)N2[C@@H](C(=O)NCc3ccccc3)COC23CCN(C(=O)c2ccc4c(c2)OCO4)CC3)cc1. The highest BCUT2D eigenvalue weighted by atomic mass is 16.7. The van der Waals surface area contributed by atoms with Crippen molar-refractivity contribution in [2.24, 2.45) is 0 Å². The second kappa shape index (κ2) is 10.7. The van der Waals surface area contributed by atoms with E-state index in [1.54, 1.807) is 40.1 Å². The average Bonchev–Trinajstić information content (AvgIpc) is 3.61. The lowest BCUT2D eigenvalue weighted by molar-refractivity contribution is -0.128. The van der Waals surface area contributed by atoms with Crippen molar-refractivity contribution in [3.05, 3.63) is 95.1 Å². The summed E-state index contributed by atoms with van der Waals surface area (Å²) in [4.78, 5) is 44.0. The zero-order chi connectivity index (χ0) is 27.7. The summed E-state index contributed by atoms with van der Waals surface area (Å²) in [6, 6.07) is 21.3. The van der Waals surface area contributed by atoms with E-state index >= 15 is 0 Å². The molecule has 1 N–H and O–H groups in total. The highest BCUT2D eigenvalue weighted by Gasteiger charge is 2.54. The van der Waals surface area contributed by atoms with Crippen LogP contribution < -0.4 is 14.8 Å². The van der Waals surface area contributed by atoms with Crippen molar-refractivity contribution in [1.29, 1.82) is 0 Å². The van der Waals surface area contributed by atoms with Gasteiger partial charge in [-0.1, -0.05) is 48.0 Å². The van der Waals surface area contributed by atoms with Crippen LogP contribution in [0.5, 0.6) is 11.5 Å². The van der Waals surface area contributed by atoms with Crippen molar-refractivity contribution in [1.82, 2.24) is 15.1 Å². The number of piperidine rings is 1. The smallest absolute Gasteiger partial charge is 0.256 e. The minimum atomic E-state index is -0.984. The van der Waals surface area contributed by atoms with E-state index in [9.17, 15) is 14.4 Å². The Morgan fingerprint density at radius 3 is 2.33 bits per heavy atom. The zero-order valence-electron chi connectivity index (χ0n) is 22.3. The van der Waals surface area contributed by atoms with Crippen LogP contribution in [-0.2, 0) is 16.1 Å². The Morgan fingerprint density at radius 2 is 1.57 bits per heavy atom. The Balaban J connectivity index is 1.21. The lowest BCUT2D eigenvalue weighted by atomic mass is 9.96. The third-order valence-electron chi connectivity index (χ3n) is 7.84. The van der Waals surface area contributed by atoms with Crippen LogP contribution in [0.2, 0.25) is 0 Å². The van der Waals surface area contributed by atoms with Gasteiger partial charge < -0.3 is 24.4 Å². The fourth-order valence-electron chi connectivity index (χ4n) is 5.58. The molecule has 9 heteroatoms. The molecular formula is C31H31N3O6. The molecule has 0 saturated carbocycles. The zero-order valence-corrected chi connectivity index (χ0v) is 22.3. The summed E-state index contributed by atoms with van der Waals surface area (Å²) in [6.07, 6.45) is 0.784. The Hall–Kier alpha value is -4.37. The van der Waals surface area contributed by atoms with Crippen molar-refractivity contribution in [3.8, 4) is 11.5 Å². The molecule has 2 fully saturated rings. The van der Waals surface area contributed by atoms with Gasteiger partial charge in [-0.3, -0.25) is 19.3 Å². The molecule has 1 spiro atoms. The fourth-order valence-corrected chi connectivity index (χ4v) is 5.58. The van der Waals surface area contributed by atoms with Gasteiger partial charge in [0.05, 0.1) is 6.61 Å². The van der Waals surface area contributed by atoms with E-state index in [4.69, 9.17) is 14.2 Å². The summed E-state index contributed by atoms with van der Waals surface area (Å²) in [7, 11) is 0. The molecule has 0 aromatic heterocycles. The molecular weight excluding hydrogens is 510 g/mol. The van der Waals surface area contributed by atoms with Crippen LogP contribution in [-0.4, -0.2) is 65.8 Å². The maximum atomic E-state index is 13.9. The normalized spacial score (nSPS) is 19.1. The lowest BCUT2D eigenvalue weighted by Crippen LogP contribution is -2.59. The summed E-state index contributed by atoms with van der Waals surface area (Å²) in [5.41, 5.74) is 2.03. The van der Waals surface area contributed by atoms with Gasteiger partial charge in [0.25, 0.3) is 11.8 Å². The molecule has 1 atom stereocenters. The number of nitrogens with zero attached hydrogens (tertiary/aromatic N) is 2. The van der Waals surface area contributed by atoms with Crippen LogP contribution in [0.3, 0.4) is 0 Å². The van der Waals surface area contributed by atoms with Gasteiger partial charge in [-0.2, -0.15) is 0 Å². The molecule has 3 aromatic carbocycles. The molecule has 0 aliphatic carbocycles. The number of amides is 3. The molecule has 40 heavy (non-hydrogen) atoms. The van der Waals surface area contributed by atoms with Gasteiger partial charge in [0.1, 0.15) is 11.8 Å². The molecule has 3 aliphatic heterocycles. The van der Waals surface area contributed by atoms with Crippen LogP contribution in [0.25, 0.3) is 0 Å². The fraction of sp³-hybridized carbons (Fsp3) is 0.323. The maximum absolute atomic E-state index is 13.9. The summed E-state index contributed by atoms with van der Waals surface area (Å²) >= 11 is 0. The topological polar surface area (TPSA) is 97.4 Å². The minimum Gasteiger partial charge on any atom is -0.454 e. The van der Waals surface area contributed by atoms with Gasteiger partial charge in [-0.05, 0) is 42.8 Å². The Labute approximate surface area is 232 Å². The van der Waals surface area contributed by atoms with Gasteiger partial charge in [0, 0.05) is 43.6 Å². The van der Waals surface area contributed by atoms with Crippen molar-refractivity contribution < 1.29 is 28.6 Å². The first kappa shape index (κ1) is 25.9. The van der Waals surface area contributed by atoms with Gasteiger partial charge in [0.2, 0.25) is 12.7 Å². The number of nitrogens with one attached hydrogen (secondary N) is 1. The van der Waals surface area contributed by atoms with Gasteiger partial charge >= 0.3 is 0 Å². The number of likely N-dealkylation sites (tertiary alicyclic amines) is 1. The first-order valence-electron chi connectivity index (χ1n) is 13.5. The number of aryl methyl sites for hydroxylation is 1. The predicted molar refractivity (Wildman–Crippen MR) is 146 cm³/mol. The van der Waals surface area contributed by atoms with Crippen LogP contribution in [0.15, 0.2) is 72.8 Å². The van der Waals surface area contributed by atoms with E-state index in [2.05, 4.69) is 5.32 Å². The van der Waals surface area contributed by atoms with Crippen LogP contribution in [0, 0.1) is 6.92 Å². The molecule has 3 amide bonds. The molecule has 0 unspecified atom stereocenters. The number of carbonyl (C=O) groups is 3. The average molecular weight is 542 g/mol. The van der Waals surface area contributed by atoms with Crippen LogP contribution in [0.1, 0.15) is 44.7 Å². The summed E-state index contributed by atoms with van der Waals surface area (Å²) in [5, 5.41) is 2.98. The highest BCUT2D eigenvalue weighted by molar-refractivity contribution is 5.99. The standard InChI is InChI=1S/C31H31N3O6/c1-21-7-9-23(10-8-21)30(37)34-25(28(35)32-18-22-5-3-2-4-6-22)19-40-31(34)13-15-33(16-14-31)29(36)24-11-12-26-27(17-24)39-20-38-26/h2-12,17,25H,13-16,18-20H2,1H3,(H,32,35)/t25-/m1/s1. The molecule has 206 valence electrons. The molecule has 3 aromatic rings. The first-order chi connectivity index (χ1) is 19.4. The number of ether oxygens (including phenoxy) is 3. The molecule has 3 aliphatic rings. The molecule has 3 heterocycles. The maximum Gasteiger partial charge on any atom is 0.256 e. The van der Waals surface area contributed by atoms with Gasteiger partial charge in [-0.15, -0.1) is 0 Å². The van der Waals surface area contributed by atoms with E-state index in [0.29, 0.717) is 55.1 Å². The largest absolute Gasteiger partial charge is 0.454 e. The number of carbonyl (C=O) groups excluding carboxylic acids is 3. The second-order valence-electron chi connectivity index (χ2n) is 10.4.